The SMILES string of the molecule is CCNC(=NCc1ccc(OC)c(OC)c1)NCc1ccc(CN2CCCCC2)cc1. The largest absolute Gasteiger partial charge is 0.493 e. The van der Waals surface area contributed by atoms with E-state index in [1.165, 1.54) is 43.5 Å². The van der Waals surface area contributed by atoms with Crippen molar-refractivity contribution in [3.63, 3.8) is 0 Å². The van der Waals surface area contributed by atoms with Crippen LogP contribution in [0.1, 0.15) is 42.9 Å². The lowest BCUT2D eigenvalue weighted by atomic mass is 10.1. The van der Waals surface area contributed by atoms with E-state index in [-0.39, 0.29) is 0 Å². The second kappa shape index (κ2) is 12.2. The van der Waals surface area contributed by atoms with Crippen molar-refractivity contribution in [1.29, 1.82) is 0 Å². The molecule has 1 aliphatic rings. The predicted molar refractivity (Wildman–Crippen MR) is 127 cm³/mol. The van der Waals surface area contributed by atoms with Crippen LogP contribution in [-0.2, 0) is 19.6 Å². The molecule has 0 spiro atoms. The van der Waals surface area contributed by atoms with Crippen molar-refractivity contribution in [2.24, 2.45) is 4.99 Å². The minimum Gasteiger partial charge on any atom is -0.493 e. The van der Waals surface area contributed by atoms with Crippen LogP contribution in [0.15, 0.2) is 47.5 Å². The van der Waals surface area contributed by atoms with Gasteiger partial charge in [-0.05, 0) is 61.7 Å². The maximum atomic E-state index is 5.39. The third-order valence-electron chi connectivity index (χ3n) is 5.55. The third kappa shape index (κ3) is 7.17. The molecule has 0 atom stereocenters. The summed E-state index contributed by atoms with van der Waals surface area (Å²) in [5.41, 5.74) is 3.70. The summed E-state index contributed by atoms with van der Waals surface area (Å²) >= 11 is 0. The van der Waals surface area contributed by atoms with Gasteiger partial charge in [-0.15, -0.1) is 0 Å². The zero-order chi connectivity index (χ0) is 21.9. The van der Waals surface area contributed by atoms with Crippen LogP contribution in [0, 0.1) is 0 Å². The van der Waals surface area contributed by atoms with Gasteiger partial charge in [0.2, 0.25) is 0 Å². The summed E-state index contributed by atoms with van der Waals surface area (Å²) < 4.78 is 10.7. The number of ether oxygens (including phenoxy) is 2. The highest BCUT2D eigenvalue weighted by atomic mass is 16.5. The highest BCUT2D eigenvalue weighted by Gasteiger charge is 2.10. The fourth-order valence-electron chi connectivity index (χ4n) is 3.82. The minimum absolute atomic E-state index is 0.560. The van der Waals surface area contributed by atoms with Gasteiger partial charge in [0.15, 0.2) is 17.5 Å². The van der Waals surface area contributed by atoms with Gasteiger partial charge in [-0.2, -0.15) is 0 Å². The smallest absolute Gasteiger partial charge is 0.191 e. The van der Waals surface area contributed by atoms with Crippen LogP contribution in [-0.4, -0.2) is 44.7 Å². The van der Waals surface area contributed by atoms with Crippen LogP contribution in [0.4, 0.5) is 0 Å². The van der Waals surface area contributed by atoms with Gasteiger partial charge < -0.3 is 20.1 Å². The lowest BCUT2D eigenvalue weighted by Gasteiger charge is -2.26. The van der Waals surface area contributed by atoms with Crippen LogP contribution in [0.5, 0.6) is 11.5 Å². The molecule has 0 bridgehead atoms. The van der Waals surface area contributed by atoms with Crippen molar-refractivity contribution >= 4 is 5.96 Å². The molecule has 0 saturated carbocycles. The standard InChI is InChI=1S/C25H36N4O2/c1-4-26-25(28-18-22-12-13-23(30-2)24(16-22)31-3)27-17-20-8-10-21(11-9-20)19-29-14-6-5-7-15-29/h8-13,16H,4-7,14-15,17-19H2,1-3H3,(H2,26,27,28). The van der Waals surface area contributed by atoms with E-state index < -0.39 is 0 Å². The van der Waals surface area contributed by atoms with Gasteiger partial charge >= 0.3 is 0 Å². The number of nitrogens with zero attached hydrogens (tertiary/aromatic N) is 2. The van der Waals surface area contributed by atoms with Crippen LogP contribution in [0.2, 0.25) is 0 Å². The summed E-state index contributed by atoms with van der Waals surface area (Å²) in [4.78, 5) is 7.27. The second-order valence-electron chi connectivity index (χ2n) is 7.89. The Labute approximate surface area is 186 Å². The predicted octanol–water partition coefficient (Wildman–Crippen LogP) is 3.95. The zero-order valence-electron chi connectivity index (χ0n) is 19.1. The summed E-state index contributed by atoms with van der Waals surface area (Å²) in [5.74, 6) is 2.25. The first-order chi connectivity index (χ1) is 15.2. The summed E-state index contributed by atoms with van der Waals surface area (Å²) in [6.45, 7) is 7.70. The molecular formula is C25H36N4O2. The summed E-state index contributed by atoms with van der Waals surface area (Å²) in [6.07, 6.45) is 4.04. The van der Waals surface area contributed by atoms with E-state index in [2.05, 4.69) is 46.7 Å². The van der Waals surface area contributed by atoms with E-state index in [9.17, 15) is 0 Å². The fraction of sp³-hybridized carbons (Fsp3) is 0.480. The number of hydrogen-bond donors (Lipinski definition) is 2. The lowest BCUT2D eigenvalue weighted by molar-refractivity contribution is 0.221. The number of likely N-dealkylation sites (tertiary alicyclic amines) is 1. The summed E-state index contributed by atoms with van der Waals surface area (Å²) in [7, 11) is 3.29. The number of benzene rings is 2. The number of guanidine groups is 1. The van der Waals surface area contributed by atoms with Gasteiger partial charge in [0.05, 0.1) is 20.8 Å². The number of methoxy groups -OCH3 is 2. The normalized spacial score (nSPS) is 14.9. The van der Waals surface area contributed by atoms with Crippen molar-refractivity contribution < 1.29 is 9.47 Å². The van der Waals surface area contributed by atoms with Gasteiger partial charge in [0.1, 0.15) is 0 Å². The first kappa shape index (κ1) is 22.9. The number of hydrogen-bond acceptors (Lipinski definition) is 4. The molecule has 1 fully saturated rings. The van der Waals surface area contributed by atoms with Crippen molar-refractivity contribution in [3.05, 3.63) is 59.2 Å². The topological polar surface area (TPSA) is 58.1 Å². The molecular weight excluding hydrogens is 388 g/mol. The maximum absolute atomic E-state index is 5.39. The average Bonchev–Trinajstić information content (AvgIpc) is 2.82. The first-order valence-corrected chi connectivity index (χ1v) is 11.2. The molecule has 0 amide bonds. The molecule has 0 unspecified atom stereocenters. The van der Waals surface area contributed by atoms with Crippen molar-refractivity contribution in [1.82, 2.24) is 15.5 Å². The molecule has 3 rings (SSSR count). The first-order valence-electron chi connectivity index (χ1n) is 11.2. The van der Waals surface area contributed by atoms with E-state index in [1.807, 2.05) is 18.2 Å². The molecule has 1 saturated heterocycles. The molecule has 6 nitrogen and oxygen atoms in total. The average molecular weight is 425 g/mol. The Morgan fingerprint density at radius 3 is 2.23 bits per heavy atom. The molecule has 168 valence electrons. The zero-order valence-corrected chi connectivity index (χ0v) is 19.1. The van der Waals surface area contributed by atoms with Crippen LogP contribution >= 0.6 is 0 Å². The van der Waals surface area contributed by atoms with Gasteiger partial charge in [-0.3, -0.25) is 4.90 Å². The minimum atomic E-state index is 0.560. The van der Waals surface area contributed by atoms with Crippen molar-refractivity contribution in [2.75, 3.05) is 33.9 Å². The van der Waals surface area contributed by atoms with E-state index in [0.29, 0.717) is 6.54 Å². The molecule has 0 radical (unpaired) electrons. The monoisotopic (exact) mass is 424 g/mol. The molecule has 31 heavy (non-hydrogen) atoms. The fourth-order valence-corrected chi connectivity index (χ4v) is 3.82. The Balaban J connectivity index is 1.54. The Hall–Kier alpha value is -2.73. The van der Waals surface area contributed by atoms with Gasteiger partial charge in [0, 0.05) is 19.6 Å². The van der Waals surface area contributed by atoms with E-state index in [1.54, 1.807) is 14.2 Å². The Kier molecular flexibility index (Phi) is 9.03. The highest BCUT2D eigenvalue weighted by Crippen LogP contribution is 2.27. The van der Waals surface area contributed by atoms with Crippen LogP contribution < -0.4 is 20.1 Å². The second-order valence-corrected chi connectivity index (χ2v) is 7.89. The Morgan fingerprint density at radius 1 is 0.871 bits per heavy atom. The summed E-state index contributed by atoms with van der Waals surface area (Å²) in [6, 6.07) is 14.8. The Bertz CT molecular complexity index is 830. The van der Waals surface area contributed by atoms with Gasteiger partial charge in [0.25, 0.3) is 0 Å². The maximum Gasteiger partial charge on any atom is 0.191 e. The molecule has 6 heteroatoms. The number of nitrogens with one attached hydrogen (secondary N) is 2. The van der Waals surface area contributed by atoms with E-state index in [4.69, 9.17) is 14.5 Å². The molecule has 2 aromatic rings. The molecule has 2 N–H and O–H groups in total. The molecule has 1 heterocycles. The molecule has 2 aromatic carbocycles. The van der Waals surface area contributed by atoms with E-state index >= 15 is 0 Å². The van der Waals surface area contributed by atoms with Crippen LogP contribution in [0.25, 0.3) is 0 Å². The van der Waals surface area contributed by atoms with Crippen molar-refractivity contribution in [2.45, 2.75) is 45.8 Å². The number of piperidine rings is 1. The Morgan fingerprint density at radius 2 is 1.55 bits per heavy atom. The molecule has 0 aliphatic carbocycles. The number of aliphatic imine (C=N–C) groups is 1. The quantitative estimate of drug-likeness (QED) is 0.472. The lowest BCUT2D eigenvalue weighted by Crippen LogP contribution is -2.36. The summed E-state index contributed by atoms with van der Waals surface area (Å²) in [5, 5.41) is 6.75. The van der Waals surface area contributed by atoms with Gasteiger partial charge in [-0.1, -0.05) is 36.8 Å². The number of rotatable bonds is 9. The van der Waals surface area contributed by atoms with Crippen molar-refractivity contribution in [3.8, 4) is 11.5 Å². The van der Waals surface area contributed by atoms with E-state index in [0.717, 1.165) is 42.7 Å². The highest BCUT2D eigenvalue weighted by molar-refractivity contribution is 5.79. The molecule has 1 aliphatic heterocycles. The molecule has 0 aromatic heterocycles. The van der Waals surface area contributed by atoms with Crippen LogP contribution in [0.3, 0.4) is 0 Å². The van der Waals surface area contributed by atoms with Gasteiger partial charge in [-0.25, -0.2) is 4.99 Å². The third-order valence-corrected chi connectivity index (χ3v) is 5.55.